The molecule has 2 aromatic rings. The Hall–Kier alpha value is -2.95. The van der Waals surface area contributed by atoms with Crippen LogP contribution in [0.5, 0.6) is 0 Å². The van der Waals surface area contributed by atoms with E-state index in [1.807, 2.05) is 0 Å². The summed E-state index contributed by atoms with van der Waals surface area (Å²) in [6.45, 7) is 0. The Balaban J connectivity index is 1.98. The minimum atomic E-state index is -0.441. The van der Waals surface area contributed by atoms with Crippen LogP contribution in [0, 0.1) is 5.82 Å². The van der Waals surface area contributed by atoms with E-state index in [4.69, 9.17) is 0 Å². The Morgan fingerprint density at radius 1 is 1.14 bits per heavy atom. The zero-order valence-corrected chi connectivity index (χ0v) is 11.9. The van der Waals surface area contributed by atoms with Crippen molar-refractivity contribution in [3.05, 3.63) is 71.6 Å². The molecular weight excluding hydrogens is 285 g/mol. The molecule has 2 rings (SSSR count). The van der Waals surface area contributed by atoms with Crippen molar-refractivity contribution in [2.24, 2.45) is 0 Å². The molecule has 112 valence electrons. The highest BCUT2D eigenvalue weighted by Crippen LogP contribution is 2.11. The molecule has 0 unspecified atom stereocenters. The van der Waals surface area contributed by atoms with Gasteiger partial charge in [-0.25, -0.2) is 9.18 Å². The maximum atomic E-state index is 13.0. The van der Waals surface area contributed by atoms with Crippen LogP contribution in [-0.2, 0) is 9.53 Å². The molecule has 22 heavy (non-hydrogen) atoms. The number of amides is 1. The van der Waals surface area contributed by atoms with Crippen molar-refractivity contribution in [3.63, 3.8) is 0 Å². The van der Waals surface area contributed by atoms with Gasteiger partial charge in [0.1, 0.15) is 5.82 Å². The number of esters is 1. The SMILES string of the molecule is COC(=O)c1ccc(NC(=O)/C=C/c2cccc(F)c2)cc1. The summed E-state index contributed by atoms with van der Waals surface area (Å²) in [7, 11) is 1.30. The third kappa shape index (κ3) is 4.28. The van der Waals surface area contributed by atoms with Crippen LogP contribution in [0.25, 0.3) is 6.08 Å². The zero-order chi connectivity index (χ0) is 15.9. The third-order valence-electron chi connectivity index (χ3n) is 2.85. The molecule has 0 heterocycles. The summed E-state index contributed by atoms with van der Waals surface area (Å²) in [5.74, 6) is -1.15. The lowest BCUT2D eigenvalue weighted by atomic mass is 10.2. The van der Waals surface area contributed by atoms with Gasteiger partial charge in [-0.3, -0.25) is 4.79 Å². The van der Waals surface area contributed by atoms with E-state index in [1.165, 1.54) is 31.4 Å². The van der Waals surface area contributed by atoms with Crippen LogP contribution in [0.4, 0.5) is 10.1 Å². The van der Waals surface area contributed by atoms with Crippen LogP contribution >= 0.6 is 0 Å². The van der Waals surface area contributed by atoms with Crippen molar-refractivity contribution in [1.29, 1.82) is 0 Å². The van der Waals surface area contributed by atoms with Gasteiger partial charge in [-0.05, 0) is 48.0 Å². The van der Waals surface area contributed by atoms with Crippen LogP contribution in [0.2, 0.25) is 0 Å². The summed E-state index contributed by atoms with van der Waals surface area (Å²) in [5.41, 5.74) is 1.54. The smallest absolute Gasteiger partial charge is 0.337 e. The maximum absolute atomic E-state index is 13.0. The molecule has 2 aromatic carbocycles. The van der Waals surface area contributed by atoms with E-state index >= 15 is 0 Å². The average molecular weight is 299 g/mol. The number of halogens is 1. The lowest BCUT2D eigenvalue weighted by Crippen LogP contribution is -2.08. The number of carbonyl (C=O) groups excluding carboxylic acids is 2. The highest BCUT2D eigenvalue weighted by atomic mass is 19.1. The van der Waals surface area contributed by atoms with Crippen molar-refractivity contribution in [1.82, 2.24) is 0 Å². The van der Waals surface area contributed by atoms with Crippen molar-refractivity contribution in [2.75, 3.05) is 12.4 Å². The van der Waals surface area contributed by atoms with Crippen molar-refractivity contribution < 1.29 is 18.7 Å². The van der Waals surface area contributed by atoms with Gasteiger partial charge < -0.3 is 10.1 Å². The fraction of sp³-hybridized carbons (Fsp3) is 0.0588. The number of ether oxygens (including phenoxy) is 1. The minimum Gasteiger partial charge on any atom is -0.465 e. The normalized spacial score (nSPS) is 10.5. The lowest BCUT2D eigenvalue weighted by molar-refractivity contribution is -0.111. The molecule has 0 spiro atoms. The summed E-state index contributed by atoms with van der Waals surface area (Å²) >= 11 is 0. The quantitative estimate of drug-likeness (QED) is 0.696. The highest BCUT2D eigenvalue weighted by Gasteiger charge is 2.05. The molecule has 1 N–H and O–H groups in total. The van der Waals surface area contributed by atoms with Gasteiger partial charge >= 0.3 is 5.97 Å². The molecule has 0 aliphatic heterocycles. The van der Waals surface area contributed by atoms with Gasteiger partial charge in [0.15, 0.2) is 0 Å². The van der Waals surface area contributed by atoms with Crippen molar-refractivity contribution in [3.8, 4) is 0 Å². The van der Waals surface area contributed by atoms with Crippen LogP contribution < -0.4 is 5.32 Å². The van der Waals surface area contributed by atoms with Gasteiger partial charge in [0.05, 0.1) is 12.7 Å². The lowest BCUT2D eigenvalue weighted by Gasteiger charge is -2.03. The van der Waals surface area contributed by atoms with E-state index in [9.17, 15) is 14.0 Å². The van der Waals surface area contributed by atoms with E-state index in [0.29, 0.717) is 16.8 Å². The second-order valence-electron chi connectivity index (χ2n) is 4.45. The van der Waals surface area contributed by atoms with Crippen molar-refractivity contribution in [2.45, 2.75) is 0 Å². The molecule has 0 saturated heterocycles. The van der Waals surface area contributed by atoms with E-state index in [-0.39, 0.29) is 11.7 Å². The molecule has 0 aromatic heterocycles. The largest absolute Gasteiger partial charge is 0.465 e. The number of carbonyl (C=O) groups is 2. The number of hydrogen-bond acceptors (Lipinski definition) is 3. The first-order valence-corrected chi connectivity index (χ1v) is 6.51. The van der Waals surface area contributed by atoms with Crippen molar-refractivity contribution >= 4 is 23.6 Å². The van der Waals surface area contributed by atoms with Gasteiger partial charge in [0.2, 0.25) is 5.91 Å². The highest BCUT2D eigenvalue weighted by molar-refractivity contribution is 6.02. The number of rotatable bonds is 4. The standard InChI is InChI=1S/C17H14FNO3/c1-22-17(21)13-6-8-15(9-7-13)19-16(20)10-5-12-3-2-4-14(18)11-12/h2-11H,1H3,(H,19,20)/b10-5+. The predicted molar refractivity (Wildman–Crippen MR) is 81.8 cm³/mol. The first-order valence-electron chi connectivity index (χ1n) is 6.51. The number of methoxy groups -OCH3 is 1. The Morgan fingerprint density at radius 3 is 2.50 bits per heavy atom. The van der Waals surface area contributed by atoms with E-state index < -0.39 is 5.97 Å². The van der Waals surface area contributed by atoms with Crippen LogP contribution in [0.3, 0.4) is 0 Å². The molecule has 0 fully saturated rings. The molecule has 0 bridgehead atoms. The summed E-state index contributed by atoms with van der Waals surface area (Å²) in [5, 5.41) is 2.64. The molecule has 0 radical (unpaired) electrons. The molecule has 0 aliphatic carbocycles. The molecular formula is C17H14FNO3. The summed E-state index contributed by atoms with van der Waals surface area (Å²) in [6, 6.07) is 12.2. The Kier molecular flexibility index (Phi) is 5.03. The first kappa shape index (κ1) is 15.4. The number of benzene rings is 2. The molecule has 0 saturated carbocycles. The Morgan fingerprint density at radius 2 is 1.86 bits per heavy atom. The molecule has 0 atom stereocenters. The summed E-state index contributed by atoms with van der Waals surface area (Å²) in [4.78, 5) is 23.0. The fourth-order valence-electron chi connectivity index (χ4n) is 1.77. The maximum Gasteiger partial charge on any atom is 0.337 e. The summed E-state index contributed by atoms with van der Waals surface area (Å²) < 4.78 is 17.6. The van der Waals surface area contributed by atoms with Gasteiger partial charge in [0.25, 0.3) is 0 Å². The molecule has 1 amide bonds. The van der Waals surface area contributed by atoms with Gasteiger partial charge in [-0.1, -0.05) is 12.1 Å². The molecule has 5 heteroatoms. The monoisotopic (exact) mass is 299 g/mol. The Labute approximate surface area is 127 Å². The van der Waals surface area contributed by atoms with E-state index in [1.54, 1.807) is 36.4 Å². The first-order chi connectivity index (χ1) is 10.6. The number of hydrogen-bond donors (Lipinski definition) is 1. The van der Waals surface area contributed by atoms with Crippen LogP contribution in [-0.4, -0.2) is 19.0 Å². The van der Waals surface area contributed by atoms with E-state index in [0.717, 1.165) is 0 Å². The molecule has 0 aliphatic rings. The topological polar surface area (TPSA) is 55.4 Å². The average Bonchev–Trinajstić information content (AvgIpc) is 2.53. The second-order valence-corrected chi connectivity index (χ2v) is 4.45. The predicted octanol–water partition coefficient (Wildman–Crippen LogP) is 3.26. The van der Waals surface area contributed by atoms with Gasteiger partial charge in [-0.15, -0.1) is 0 Å². The van der Waals surface area contributed by atoms with Crippen LogP contribution in [0.15, 0.2) is 54.6 Å². The summed E-state index contributed by atoms with van der Waals surface area (Å²) in [6.07, 6.45) is 2.82. The second kappa shape index (κ2) is 7.17. The van der Waals surface area contributed by atoms with Gasteiger partial charge in [-0.2, -0.15) is 0 Å². The zero-order valence-electron chi connectivity index (χ0n) is 11.9. The fourth-order valence-corrected chi connectivity index (χ4v) is 1.77. The third-order valence-corrected chi connectivity index (χ3v) is 2.85. The Bertz CT molecular complexity index is 708. The molecule has 4 nitrogen and oxygen atoms in total. The van der Waals surface area contributed by atoms with Gasteiger partial charge in [0, 0.05) is 11.8 Å². The van der Waals surface area contributed by atoms with Crippen LogP contribution in [0.1, 0.15) is 15.9 Å². The number of nitrogens with one attached hydrogen (secondary N) is 1. The minimum absolute atomic E-state index is 0.352. The van der Waals surface area contributed by atoms with E-state index in [2.05, 4.69) is 10.1 Å². The number of anilines is 1.